The Morgan fingerprint density at radius 1 is 1.33 bits per heavy atom. The number of nitrogens with zero attached hydrogens (tertiary/aromatic N) is 3. The molecular formula is C19H25N3O3S2. The molecule has 3 rings (SSSR count). The average Bonchev–Trinajstić information content (AvgIpc) is 2.98. The Bertz CT molecular complexity index is 946. The Morgan fingerprint density at radius 3 is 2.74 bits per heavy atom. The number of carbonyl (C=O) groups is 1. The van der Waals surface area contributed by atoms with Gasteiger partial charge in [-0.15, -0.1) is 0 Å². The predicted molar refractivity (Wildman–Crippen MR) is 109 cm³/mol. The van der Waals surface area contributed by atoms with Gasteiger partial charge < -0.3 is 4.90 Å². The Labute approximate surface area is 164 Å². The zero-order chi connectivity index (χ0) is 19.6. The van der Waals surface area contributed by atoms with Crippen LogP contribution in [0.2, 0.25) is 0 Å². The molecule has 2 aromatic rings. The summed E-state index contributed by atoms with van der Waals surface area (Å²) in [7, 11) is -3.04. The van der Waals surface area contributed by atoms with Gasteiger partial charge in [0.1, 0.15) is 10.9 Å². The van der Waals surface area contributed by atoms with Gasteiger partial charge in [-0.25, -0.2) is 18.4 Å². The standard InChI is InChI=1S/C19H25N3O3S2/c1-4-13(2)22(15-9-10-27(24,25)12-15)18(23)11-26-19-16-7-5-6-8-17(16)20-14(3)21-19/h5-8,13,15H,4,9-12H2,1-3H3/t13-,15+/m0/s1. The van der Waals surface area contributed by atoms with Gasteiger partial charge in [0.05, 0.1) is 22.8 Å². The summed E-state index contributed by atoms with van der Waals surface area (Å²) in [6.45, 7) is 5.84. The number of hydrogen-bond acceptors (Lipinski definition) is 6. The van der Waals surface area contributed by atoms with E-state index in [1.807, 2.05) is 45.0 Å². The molecule has 0 radical (unpaired) electrons. The smallest absolute Gasteiger partial charge is 0.233 e. The van der Waals surface area contributed by atoms with Crippen LogP contribution in [0.3, 0.4) is 0 Å². The topological polar surface area (TPSA) is 80.2 Å². The van der Waals surface area contributed by atoms with Crippen LogP contribution in [0.5, 0.6) is 0 Å². The lowest BCUT2D eigenvalue weighted by atomic mass is 10.1. The molecule has 1 aliphatic heterocycles. The Balaban J connectivity index is 1.79. The van der Waals surface area contributed by atoms with E-state index in [1.54, 1.807) is 4.90 Å². The van der Waals surface area contributed by atoms with Crippen molar-refractivity contribution in [2.45, 2.75) is 50.7 Å². The molecule has 1 saturated heterocycles. The fourth-order valence-electron chi connectivity index (χ4n) is 3.47. The molecule has 0 spiro atoms. The first-order valence-corrected chi connectivity index (χ1v) is 12.0. The first-order valence-electron chi connectivity index (χ1n) is 9.18. The summed E-state index contributed by atoms with van der Waals surface area (Å²) in [6, 6.07) is 7.55. The first-order chi connectivity index (χ1) is 12.8. The third-order valence-corrected chi connectivity index (χ3v) is 7.69. The summed E-state index contributed by atoms with van der Waals surface area (Å²) >= 11 is 1.40. The summed E-state index contributed by atoms with van der Waals surface area (Å²) in [5.74, 6) is 1.12. The van der Waals surface area contributed by atoms with Crippen molar-refractivity contribution in [2.24, 2.45) is 0 Å². The van der Waals surface area contributed by atoms with E-state index >= 15 is 0 Å². The van der Waals surface area contributed by atoms with E-state index in [1.165, 1.54) is 11.8 Å². The van der Waals surface area contributed by atoms with E-state index in [-0.39, 0.29) is 35.2 Å². The molecule has 27 heavy (non-hydrogen) atoms. The molecule has 1 fully saturated rings. The van der Waals surface area contributed by atoms with Gasteiger partial charge in [0.25, 0.3) is 0 Å². The number of hydrogen-bond donors (Lipinski definition) is 0. The highest BCUT2D eigenvalue weighted by atomic mass is 32.2. The van der Waals surface area contributed by atoms with Gasteiger partial charge in [-0.1, -0.05) is 36.9 Å². The number of benzene rings is 1. The maximum absolute atomic E-state index is 13.0. The molecule has 2 heterocycles. The second-order valence-electron chi connectivity index (χ2n) is 7.00. The highest BCUT2D eigenvalue weighted by Crippen LogP contribution is 2.27. The molecule has 0 saturated carbocycles. The normalized spacial score (nSPS) is 19.9. The summed E-state index contributed by atoms with van der Waals surface area (Å²) < 4.78 is 23.8. The molecule has 2 atom stereocenters. The Hall–Kier alpha value is -1.67. The number of rotatable bonds is 6. The zero-order valence-electron chi connectivity index (χ0n) is 15.9. The average molecular weight is 408 g/mol. The molecule has 8 heteroatoms. The van der Waals surface area contributed by atoms with Gasteiger partial charge in [0, 0.05) is 17.5 Å². The van der Waals surface area contributed by atoms with Crippen molar-refractivity contribution in [1.82, 2.24) is 14.9 Å². The molecule has 1 aliphatic rings. The van der Waals surface area contributed by atoms with Crippen molar-refractivity contribution in [3.8, 4) is 0 Å². The van der Waals surface area contributed by atoms with Gasteiger partial charge in [-0.3, -0.25) is 4.79 Å². The van der Waals surface area contributed by atoms with Gasteiger partial charge >= 0.3 is 0 Å². The molecule has 1 amide bonds. The highest BCUT2D eigenvalue weighted by molar-refractivity contribution is 8.00. The number of sulfone groups is 1. The van der Waals surface area contributed by atoms with E-state index < -0.39 is 9.84 Å². The van der Waals surface area contributed by atoms with E-state index in [0.29, 0.717) is 12.2 Å². The van der Waals surface area contributed by atoms with Crippen LogP contribution in [0.4, 0.5) is 0 Å². The molecule has 146 valence electrons. The molecule has 0 unspecified atom stereocenters. The molecule has 1 aromatic heterocycles. The van der Waals surface area contributed by atoms with E-state index in [2.05, 4.69) is 9.97 Å². The second kappa shape index (κ2) is 8.14. The van der Waals surface area contributed by atoms with Crippen molar-refractivity contribution in [3.05, 3.63) is 30.1 Å². The number of carbonyl (C=O) groups excluding carboxylic acids is 1. The highest BCUT2D eigenvalue weighted by Gasteiger charge is 2.36. The van der Waals surface area contributed by atoms with Crippen molar-refractivity contribution in [1.29, 1.82) is 0 Å². The Morgan fingerprint density at radius 2 is 2.07 bits per heavy atom. The van der Waals surface area contributed by atoms with Gasteiger partial charge in [0.15, 0.2) is 9.84 Å². The van der Waals surface area contributed by atoms with Crippen LogP contribution in [0.25, 0.3) is 10.9 Å². The van der Waals surface area contributed by atoms with Crippen LogP contribution in [0.15, 0.2) is 29.3 Å². The SMILES string of the molecule is CC[C@H](C)N(C(=O)CSc1nc(C)nc2ccccc12)[C@@H]1CCS(=O)(=O)C1. The number of fused-ring (bicyclic) bond motifs is 1. The van der Waals surface area contributed by atoms with E-state index in [9.17, 15) is 13.2 Å². The minimum atomic E-state index is -3.04. The number of thioether (sulfide) groups is 1. The second-order valence-corrected chi connectivity index (χ2v) is 10.2. The summed E-state index contributed by atoms with van der Waals surface area (Å²) in [5.41, 5.74) is 0.862. The summed E-state index contributed by atoms with van der Waals surface area (Å²) in [4.78, 5) is 23.7. The zero-order valence-corrected chi connectivity index (χ0v) is 17.5. The van der Waals surface area contributed by atoms with Crippen LogP contribution < -0.4 is 0 Å². The van der Waals surface area contributed by atoms with Crippen molar-refractivity contribution in [3.63, 3.8) is 0 Å². The fourth-order valence-corrected chi connectivity index (χ4v) is 6.12. The quantitative estimate of drug-likeness (QED) is 0.541. The summed E-state index contributed by atoms with van der Waals surface area (Å²) in [5, 5.41) is 1.72. The van der Waals surface area contributed by atoms with Crippen molar-refractivity contribution >= 4 is 38.4 Å². The molecule has 0 bridgehead atoms. The maximum atomic E-state index is 13.0. The molecule has 1 aromatic carbocycles. The predicted octanol–water partition coefficient (Wildman–Crippen LogP) is 2.84. The number of para-hydroxylation sites is 1. The van der Waals surface area contributed by atoms with Crippen LogP contribution in [0.1, 0.15) is 32.5 Å². The van der Waals surface area contributed by atoms with Gasteiger partial charge in [-0.05, 0) is 32.8 Å². The number of aromatic nitrogens is 2. The third kappa shape index (κ3) is 4.60. The van der Waals surface area contributed by atoms with Gasteiger partial charge in [0.2, 0.25) is 5.91 Å². The van der Waals surface area contributed by atoms with Crippen LogP contribution in [-0.4, -0.2) is 58.5 Å². The van der Waals surface area contributed by atoms with Crippen LogP contribution in [0, 0.1) is 6.92 Å². The lowest BCUT2D eigenvalue weighted by Gasteiger charge is -2.33. The minimum Gasteiger partial charge on any atom is -0.335 e. The molecule has 0 N–H and O–H groups in total. The van der Waals surface area contributed by atoms with E-state index in [4.69, 9.17) is 0 Å². The number of aryl methyl sites for hydroxylation is 1. The van der Waals surface area contributed by atoms with Crippen molar-refractivity contribution < 1.29 is 13.2 Å². The van der Waals surface area contributed by atoms with Crippen molar-refractivity contribution in [2.75, 3.05) is 17.3 Å². The van der Waals surface area contributed by atoms with Gasteiger partial charge in [-0.2, -0.15) is 0 Å². The maximum Gasteiger partial charge on any atom is 0.233 e. The minimum absolute atomic E-state index is 0.0141. The lowest BCUT2D eigenvalue weighted by Crippen LogP contribution is -2.47. The first kappa shape index (κ1) is 20.1. The molecule has 0 aliphatic carbocycles. The third-order valence-electron chi connectivity index (χ3n) is 4.97. The lowest BCUT2D eigenvalue weighted by molar-refractivity contribution is -0.132. The number of amides is 1. The summed E-state index contributed by atoms with van der Waals surface area (Å²) in [6.07, 6.45) is 1.32. The largest absolute Gasteiger partial charge is 0.335 e. The Kier molecular flexibility index (Phi) is 6.05. The molecular weight excluding hydrogens is 382 g/mol. The monoisotopic (exact) mass is 407 g/mol. The van der Waals surface area contributed by atoms with E-state index in [0.717, 1.165) is 22.3 Å². The molecule has 6 nitrogen and oxygen atoms in total. The fraction of sp³-hybridized carbons (Fsp3) is 0.526. The van der Waals surface area contributed by atoms with Crippen LogP contribution in [-0.2, 0) is 14.6 Å². The van der Waals surface area contributed by atoms with Crippen LogP contribution >= 0.6 is 11.8 Å².